The van der Waals surface area contributed by atoms with Crippen molar-refractivity contribution >= 4 is 11.8 Å². The Hall–Kier alpha value is -3.38. The van der Waals surface area contributed by atoms with Gasteiger partial charge in [0.1, 0.15) is 29.2 Å². The molecule has 0 aliphatic heterocycles. The zero-order chi connectivity index (χ0) is 14.5. The topological polar surface area (TPSA) is 104 Å². The lowest BCUT2D eigenvalue weighted by molar-refractivity contribution is -0.384. The predicted octanol–water partition coefficient (Wildman–Crippen LogP) is 3.29. The number of nitrogens with zero attached hydrogens (tertiary/aromatic N) is 3. The number of hydrogen-bond acceptors (Lipinski definition) is 5. The molecule has 0 fully saturated rings. The summed E-state index contributed by atoms with van der Waals surface area (Å²) in [7, 11) is 0. The van der Waals surface area contributed by atoms with Gasteiger partial charge >= 0.3 is 0 Å². The SMILES string of the molecule is N#CC(C#N)=Cc1ccc(-c2ccc([N+](=O)[O-])cc2)o1. The molecule has 1 aromatic heterocycles. The lowest BCUT2D eigenvalue weighted by Crippen LogP contribution is -1.86. The fraction of sp³-hybridized carbons (Fsp3) is 0. The normalized spacial score (nSPS) is 9.30. The zero-order valence-electron chi connectivity index (χ0n) is 10.1. The monoisotopic (exact) mass is 265 g/mol. The standard InChI is InChI=1S/C14H7N3O3/c15-8-10(9-16)7-13-5-6-14(20-13)11-1-3-12(4-2-11)17(18)19/h1-7H. The second-order valence-electron chi connectivity index (χ2n) is 3.79. The Morgan fingerprint density at radius 3 is 2.35 bits per heavy atom. The smallest absolute Gasteiger partial charge is 0.269 e. The summed E-state index contributed by atoms with van der Waals surface area (Å²) in [6.07, 6.45) is 1.33. The molecule has 0 amide bonds. The van der Waals surface area contributed by atoms with E-state index in [2.05, 4.69) is 0 Å². The third-order valence-corrected chi connectivity index (χ3v) is 2.52. The summed E-state index contributed by atoms with van der Waals surface area (Å²) in [4.78, 5) is 10.1. The number of nitro benzene ring substituents is 1. The van der Waals surface area contributed by atoms with Gasteiger partial charge in [-0.2, -0.15) is 10.5 Å². The second-order valence-corrected chi connectivity index (χ2v) is 3.79. The van der Waals surface area contributed by atoms with Gasteiger partial charge in [0.05, 0.1) is 4.92 Å². The van der Waals surface area contributed by atoms with Crippen LogP contribution in [0.4, 0.5) is 5.69 Å². The number of benzene rings is 1. The van der Waals surface area contributed by atoms with Gasteiger partial charge in [-0.05, 0) is 24.3 Å². The quantitative estimate of drug-likeness (QED) is 0.481. The summed E-state index contributed by atoms with van der Waals surface area (Å²) >= 11 is 0. The predicted molar refractivity (Wildman–Crippen MR) is 70.0 cm³/mol. The number of nitro groups is 1. The molecule has 0 bridgehead atoms. The van der Waals surface area contributed by atoms with Crippen LogP contribution < -0.4 is 0 Å². The van der Waals surface area contributed by atoms with Crippen molar-refractivity contribution in [2.24, 2.45) is 0 Å². The van der Waals surface area contributed by atoms with E-state index in [9.17, 15) is 10.1 Å². The molecule has 0 radical (unpaired) electrons. The molecule has 6 nitrogen and oxygen atoms in total. The van der Waals surface area contributed by atoms with Crippen LogP contribution in [-0.2, 0) is 0 Å². The van der Waals surface area contributed by atoms with Gasteiger partial charge in [0.15, 0.2) is 0 Å². The molecule has 0 aliphatic rings. The molecule has 0 N–H and O–H groups in total. The van der Waals surface area contributed by atoms with Crippen LogP contribution in [0.3, 0.4) is 0 Å². The Morgan fingerprint density at radius 2 is 1.80 bits per heavy atom. The minimum absolute atomic E-state index is 0.00308. The maximum Gasteiger partial charge on any atom is 0.269 e. The molecular formula is C14H7N3O3. The molecule has 0 aliphatic carbocycles. The van der Waals surface area contributed by atoms with Crippen LogP contribution in [0.15, 0.2) is 46.4 Å². The van der Waals surface area contributed by atoms with Crippen LogP contribution >= 0.6 is 0 Å². The fourth-order valence-corrected chi connectivity index (χ4v) is 1.56. The van der Waals surface area contributed by atoms with Crippen molar-refractivity contribution in [1.29, 1.82) is 10.5 Å². The average molecular weight is 265 g/mol. The highest BCUT2D eigenvalue weighted by Gasteiger charge is 2.08. The van der Waals surface area contributed by atoms with Gasteiger partial charge in [-0.15, -0.1) is 0 Å². The highest BCUT2D eigenvalue weighted by Crippen LogP contribution is 2.25. The van der Waals surface area contributed by atoms with Crippen LogP contribution in [0.1, 0.15) is 5.76 Å². The molecule has 0 spiro atoms. The Bertz CT molecular complexity index is 742. The van der Waals surface area contributed by atoms with Gasteiger partial charge in [0.25, 0.3) is 5.69 Å². The molecule has 0 unspecified atom stereocenters. The summed E-state index contributed by atoms with van der Waals surface area (Å²) in [5.41, 5.74) is 0.608. The van der Waals surface area contributed by atoms with Crippen molar-refractivity contribution in [1.82, 2.24) is 0 Å². The van der Waals surface area contributed by atoms with Gasteiger partial charge in [-0.25, -0.2) is 0 Å². The molecule has 2 aromatic rings. The Balaban J connectivity index is 2.30. The maximum atomic E-state index is 10.6. The summed E-state index contributed by atoms with van der Waals surface area (Å²) in [6.45, 7) is 0. The molecule has 1 aromatic carbocycles. The lowest BCUT2D eigenvalue weighted by atomic mass is 10.1. The van der Waals surface area contributed by atoms with Gasteiger partial charge < -0.3 is 4.42 Å². The molecule has 0 saturated carbocycles. The Morgan fingerprint density at radius 1 is 1.15 bits per heavy atom. The van der Waals surface area contributed by atoms with Crippen molar-refractivity contribution in [2.45, 2.75) is 0 Å². The van der Waals surface area contributed by atoms with Crippen molar-refractivity contribution in [3.8, 4) is 23.5 Å². The van der Waals surface area contributed by atoms with E-state index in [0.717, 1.165) is 0 Å². The lowest BCUT2D eigenvalue weighted by Gasteiger charge is -1.96. The van der Waals surface area contributed by atoms with E-state index in [-0.39, 0.29) is 11.3 Å². The first-order valence-corrected chi connectivity index (χ1v) is 5.50. The Labute approximate surface area is 113 Å². The molecule has 2 rings (SSSR count). The first-order chi connectivity index (χ1) is 9.63. The summed E-state index contributed by atoms with van der Waals surface area (Å²) in [5.74, 6) is 0.873. The van der Waals surface area contributed by atoms with Crippen LogP contribution in [0.2, 0.25) is 0 Å². The van der Waals surface area contributed by atoms with Crippen molar-refractivity contribution in [3.05, 3.63) is 57.8 Å². The highest BCUT2D eigenvalue weighted by atomic mass is 16.6. The van der Waals surface area contributed by atoms with Gasteiger partial charge in [0.2, 0.25) is 0 Å². The molecule has 1 heterocycles. The summed E-state index contributed by atoms with van der Waals surface area (Å²) < 4.78 is 5.46. The van der Waals surface area contributed by atoms with Crippen LogP contribution in [0, 0.1) is 32.8 Å². The van der Waals surface area contributed by atoms with Crippen LogP contribution in [0.5, 0.6) is 0 Å². The van der Waals surface area contributed by atoms with Crippen LogP contribution in [-0.4, -0.2) is 4.92 Å². The Kier molecular flexibility index (Phi) is 3.60. The molecular weight excluding hydrogens is 258 g/mol. The number of furan rings is 1. The van der Waals surface area contributed by atoms with Crippen molar-refractivity contribution in [2.75, 3.05) is 0 Å². The number of allylic oxidation sites excluding steroid dienone is 1. The third kappa shape index (κ3) is 2.71. The first kappa shape index (κ1) is 13.1. The van der Waals surface area contributed by atoms with E-state index in [0.29, 0.717) is 17.1 Å². The highest BCUT2D eigenvalue weighted by molar-refractivity contribution is 5.64. The van der Waals surface area contributed by atoms with Gasteiger partial charge in [-0.3, -0.25) is 10.1 Å². The molecule has 20 heavy (non-hydrogen) atoms. The summed E-state index contributed by atoms with van der Waals surface area (Å²) in [6, 6.07) is 12.6. The van der Waals surface area contributed by atoms with E-state index < -0.39 is 4.92 Å². The molecule has 6 heteroatoms. The third-order valence-electron chi connectivity index (χ3n) is 2.52. The average Bonchev–Trinajstić information content (AvgIpc) is 2.93. The second kappa shape index (κ2) is 5.51. The van der Waals surface area contributed by atoms with Gasteiger partial charge in [0, 0.05) is 23.8 Å². The molecule has 0 atom stereocenters. The minimum Gasteiger partial charge on any atom is -0.457 e. The van der Waals surface area contributed by atoms with E-state index in [1.165, 1.54) is 18.2 Å². The summed E-state index contributed by atoms with van der Waals surface area (Å²) in [5, 5.41) is 27.8. The van der Waals surface area contributed by atoms with Crippen molar-refractivity contribution < 1.29 is 9.34 Å². The maximum absolute atomic E-state index is 10.6. The van der Waals surface area contributed by atoms with E-state index >= 15 is 0 Å². The number of rotatable bonds is 3. The molecule has 0 saturated heterocycles. The van der Waals surface area contributed by atoms with Crippen molar-refractivity contribution in [3.63, 3.8) is 0 Å². The van der Waals surface area contributed by atoms with Crippen LogP contribution in [0.25, 0.3) is 17.4 Å². The van der Waals surface area contributed by atoms with E-state index in [1.54, 1.807) is 36.4 Å². The first-order valence-electron chi connectivity index (χ1n) is 5.50. The number of nitriles is 2. The number of non-ortho nitro benzene ring substituents is 1. The minimum atomic E-state index is -0.480. The largest absolute Gasteiger partial charge is 0.457 e. The van der Waals surface area contributed by atoms with E-state index in [1.807, 2.05) is 0 Å². The van der Waals surface area contributed by atoms with Gasteiger partial charge in [-0.1, -0.05) is 0 Å². The number of hydrogen-bond donors (Lipinski definition) is 0. The van der Waals surface area contributed by atoms with E-state index in [4.69, 9.17) is 14.9 Å². The zero-order valence-corrected chi connectivity index (χ0v) is 10.1. The molecule has 96 valence electrons. The fourth-order valence-electron chi connectivity index (χ4n) is 1.56.